The summed E-state index contributed by atoms with van der Waals surface area (Å²) in [4.78, 5) is 24.7. The number of para-hydroxylation sites is 2. The van der Waals surface area contributed by atoms with E-state index in [2.05, 4.69) is 5.32 Å². The van der Waals surface area contributed by atoms with Crippen molar-refractivity contribution in [2.75, 3.05) is 25.1 Å². The Balaban J connectivity index is 1.50. The fourth-order valence-electron chi connectivity index (χ4n) is 2.85. The Kier molecular flexibility index (Phi) is 7.65. The van der Waals surface area contributed by atoms with Crippen LogP contribution in [0, 0.1) is 13.8 Å². The van der Waals surface area contributed by atoms with Crippen molar-refractivity contribution in [3.63, 3.8) is 0 Å². The predicted molar refractivity (Wildman–Crippen MR) is 119 cm³/mol. The van der Waals surface area contributed by atoms with Crippen LogP contribution in [0.4, 0.5) is 5.69 Å². The minimum atomic E-state index is -0.629. The third-order valence-corrected chi connectivity index (χ3v) is 4.46. The van der Waals surface area contributed by atoms with Crippen molar-refractivity contribution in [1.29, 1.82) is 0 Å². The van der Waals surface area contributed by atoms with Gasteiger partial charge in [-0.1, -0.05) is 42.5 Å². The highest BCUT2D eigenvalue weighted by Gasteiger charge is 2.16. The first-order valence-corrected chi connectivity index (χ1v) is 9.97. The van der Waals surface area contributed by atoms with E-state index in [1.165, 1.54) is 0 Å². The quantitative estimate of drug-likeness (QED) is 0.407. The van der Waals surface area contributed by atoms with Crippen LogP contribution in [-0.4, -0.2) is 31.7 Å². The van der Waals surface area contributed by atoms with E-state index in [-0.39, 0.29) is 12.2 Å². The second kappa shape index (κ2) is 10.8. The third-order valence-electron chi connectivity index (χ3n) is 4.46. The molecule has 160 valence electrons. The molecule has 0 bridgehead atoms. The number of hydrogen-bond acceptors (Lipinski definition) is 5. The Morgan fingerprint density at radius 1 is 0.839 bits per heavy atom. The first kappa shape index (κ1) is 21.9. The van der Waals surface area contributed by atoms with Gasteiger partial charge in [0.15, 0.2) is 6.61 Å². The van der Waals surface area contributed by atoms with Gasteiger partial charge in [-0.3, -0.25) is 4.79 Å². The minimum Gasteiger partial charge on any atom is -0.490 e. The molecule has 0 saturated carbocycles. The molecule has 0 unspecified atom stereocenters. The Labute approximate surface area is 181 Å². The summed E-state index contributed by atoms with van der Waals surface area (Å²) < 4.78 is 16.5. The summed E-state index contributed by atoms with van der Waals surface area (Å²) in [6.07, 6.45) is 0. The summed E-state index contributed by atoms with van der Waals surface area (Å²) in [5.41, 5.74) is 2.91. The zero-order chi connectivity index (χ0) is 22.1. The maximum atomic E-state index is 12.5. The average Bonchev–Trinajstić information content (AvgIpc) is 2.78. The van der Waals surface area contributed by atoms with Gasteiger partial charge in [0.25, 0.3) is 5.91 Å². The SMILES string of the molecule is Cc1ccc(C)c(NC(=O)COC(=O)c2ccccc2OCCOc2ccccc2)c1. The van der Waals surface area contributed by atoms with Crippen LogP contribution in [0.5, 0.6) is 11.5 Å². The summed E-state index contributed by atoms with van der Waals surface area (Å²) in [7, 11) is 0. The van der Waals surface area contributed by atoms with Gasteiger partial charge in [0.2, 0.25) is 0 Å². The van der Waals surface area contributed by atoms with E-state index in [1.54, 1.807) is 24.3 Å². The van der Waals surface area contributed by atoms with Crippen molar-refractivity contribution in [2.24, 2.45) is 0 Å². The summed E-state index contributed by atoms with van der Waals surface area (Å²) >= 11 is 0. The Morgan fingerprint density at radius 2 is 1.55 bits per heavy atom. The van der Waals surface area contributed by atoms with Crippen molar-refractivity contribution in [3.05, 3.63) is 89.5 Å². The Bertz CT molecular complexity index is 1030. The Hall–Kier alpha value is -3.80. The normalized spacial score (nSPS) is 10.3. The summed E-state index contributed by atoms with van der Waals surface area (Å²) in [6.45, 7) is 4.03. The van der Waals surface area contributed by atoms with Crippen molar-refractivity contribution in [3.8, 4) is 11.5 Å². The van der Waals surface area contributed by atoms with Gasteiger partial charge in [0.05, 0.1) is 0 Å². The number of amides is 1. The van der Waals surface area contributed by atoms with Crippen molar-refractivity contribution < 1.29 is 23.8 Å². The van der Waals surface area contributed by atoms with Crippen molar-refractivity contribution >= 4 is 17.6 Å². The summed E-state index contributed by atoms with van der Waals surface area (Å²) in [6, 6.07) is 21.9. The lowest BCUT2D eigenvalue weighted by atomic mass is 10.1. The summed E-state index contributed by atoms with van der Waals surface area (Å²) in [5.74, 6) is 0.0835. The molecule has 31 heavy (non-hydrogen) atoms. The van der Waals surface area contributed by atoms with Crippen LogP contribution in [0.15, 0.2) is 72.8 Å². The number of rotatable bonds is 9. The monoisotopic (exact) mass is 419 g/mol. The van der Waals surface area contributed by atoms with Crippen LogP contribution in [0.25, 0.3) is 0 Å². The number of anilines is 1. The molecule has 3 aromatic rings. The number of benzene rings is 3. The topological polar surface area (TPSA) is 73.9 Å². The second-order valence-electron chi connectivity index (χ2n) is 6.95. The van der Waals surface area contributed by atoms with Gasteiger partial charge in [0.1, 0.15) is 30.3 Å². The molecule has 1 N–H and O–H groups in total. The zero-order valence-corrected chi connectivity index (χ0v) is 17.6. The molecular weight excluding hydrogens is 394 g/mol. The number of nitrogens with one attached hydrogen (secondary N) is 1. The van der Waals surface area contributed by atoms with Crippen LogP contribution in [0.3, 0.4) is 0 Å². The standard InChI is InChI=1S/C25H25NO5/c1-18-12-13-19(2)22(16-18)26-24(27)17-31-25(28)21-10-6-7-11-23(21)30-15-14-29-20-8-4-3-5-9-20/h3-13,16H,14-15,17H2,1-2H3,(H,26,27). The second-order valence-corrected chi connectivity index (χ2v) is 6.95. The predicted octanol–water partition coefficient (Wildman–Crippen LogP) is 4.56. The molecule has 3 rings (SSSR count). The third kappa shape index (κ3) is 6.60. The molecule has 0 spiro atoms. The lowest BCUT2D eigenvalue weighted by Gasteiger charge is -2.12. The average molecular weight is 419 g/mol. The van der Waals surface area contributed by atoms with E-state index >= 15 is 0 Å². The maximum Gasteiger partial charge on any atom is 0.342 e. The van der Waals surface area contributed by atoms with E-state index in [9.17, 15) is 9.59 Å². The van der Waals surface area contributed by atoms with Crippen LogP contribution in [-0.2, 0) is 9.53 Å². The van der Waals surface area contributed by atoms with Gasteiger partial charge in [-0.05, 0) is 55.3 Å². The minimum absolute atomic E-state index is 0.252. The molecule has 0 aliphatic rings. The number of carbonyl (C=O) groups excluding carboxylic acids is 2. The van der Waals surface area contributed by atoms with Crippen LogP contribution in [0.2, 0.25) is 0 Å². The van der Waals surface area contributed by atoms with Gasteiger partial charge in [0, 0.05) is 5.69 Å². The highest BCUT2D eigenvalue weighted by atomic mass is 16.5. The molecule has 0 aliphatic carbocycles. The van der Waals surface area contributed by atoms with Crippen LogP contribution >= 0.6 is 0 Å². The van der Waals surface area contributed by atoms with E-state index in [0.29, 0.717) is 18.0 Å². The largest absolute Gasteiger partial charge is 0.490 e. The molecule has 0 saturated heterocycles. The van der Waals surface area contributed by atoms with Crippen molar-refractivity contribution in [1.82, 2.24) is 0 Å². The van der Waals surface area contributed by atoms with Gasteiger partial charge < -0.3 is 19.5 Å². The van der Waals surface area contributed by atoms with Gasteiger partial charge in [-0.15, -0.1) is 0 Å². The molecule has 0 heterocycles. The fourth-order valence-corrected chi connectivity index (χ4v) is 2.85. The Morgan fingerprint density at radius 3 is 2.35 bits per heavy atom. The molecule has 0 aliphatic heterocycles. The van der Waals surface area contributed by atoms with E-state index in [1.807, 2.05) is 62.4 Å². The molecule has 0 fully saturated rings. The van der Waals surface area contributed by atoms with Gasteiger partial charge >= 0.3 is 5.97 Å². The lowest BCUT2D eigenvalue weighted by molar-refractivity contribution is -0.119. The van der Waals surface area contributed by atoms with Crippen LogP contribution in [0.1, 0.15) is 21.5 Å². The molecule has 6 nitrogen and oxygen atoms in total. The van der Waals surface area contributed by atoms with E-state index in [0.717, 1.165) is 16.9 Å². The highest BCUT2D eigenvalue weighted by Crippen LogP contribution is 2.20. The maximum absolute atomic E-state index is 12.5. The number of hydrogen-bond donors (Lipinski definition) is 1. The molecule has 0 aromatic heterocycles. The number of aryl methyl sites for hydroxylation is 2. The molecular formula is C25H25NO5. The van der Waals surface area contributed by atoms with E-state index in [4.69, 9.17) is 14.2 Å². The van der Waals surface area contributed by atoms with Gasteiger partial charge in [-0.25, -0.2) is 4.79 Å². The van der Waals surface area contributed by atoms with Gasteiger partial charge in [-0.2, -0.15) is 0 Å². The first-order chi connectivity index (χ1) is 15.0. The van der Waals surface area contributed by atoms with Crippen molar-refractivity contribution in [2.45, 2.75) is 13.8 Å². The smallest absolute Gasteiger partial charge is 0.342 e. The van der Waals surface area contributed by atoms with E-state index < -0.39 is 18.5 Å². The van der Waals surface area contributed by atoms with Crippen LogP contribution < -0.4 is 14.8 Å². The lowest BCUT2D eigenvalue weighted by Crippen LogP contribution is -2.22. The molecule has 0 radical (unpaired) electrons. The number of ether oxygens (including phenoxy) is 3. The zero-order valence-electron chi connectivity index (χ0n) is 17.6. The molecule has 6 heteroatoms. The number of carbonyl (C=O) groups is 2. The highest BCUT2D eigenvalue weighted by molar-refractivity contribution is 5.97. The first-order valence-electron chi connectivity index (χ1n) is 9.97. The molecule has 3 aromatic carbocycles. The fraction of sp³-hybridized carbons (Fsp3) is 0.200. The summed E-state index contributed by atoms with van der Waals surface area (Å²) in [5, 5.41) is 2.77. The molecule has 0 atom stereocenters. The number of esters is 1. The molecule has 1 amide bonds.